The Morgan fingerprint density at radius 1 is 1.55 bits per heavy atom. The highest BCUT2D eigenvalue weighted by atomic mass is 16.5. The van der Waals surface area contributed by atoms with Crippen molar-refractivity contribution in [3.05, 3.63) is 36.5 Å². The molecule has 0 aliphatic rings. The molecule has 11 heavy (non-hydrogen) atoms. The van der Waals surface area contributed by atoms with Gasteiger partial charge in [-0.2, -0.15) is 0 Å². The first-order chi connectivity index (χ1) is 5.35. The molecule has 0 aliphatic heterocycles. The Morgan fingerprint density at radius 2 is 2.27 bits per heavy atom. The number of methoxy groups -OCH3 is 1. The highest BCUT2D eigenvalue weighted by molar-refractivity contribution is 5.22. The van der Waals surface area contributed by atoms with Crippen molar-refractivity contribution in [3.8, 4) is 0 Å². The van der Waals surface area contributed by atoms with Gasteiger partial charge in [0.2, 0.25) is 0 Å². The van der Waals surface area contributed by atoms with Crippen LogP contribution in [0.2, 0.25) is 0 Å². The fourth-order valence-corrected chi connectivity index (χ4v) is 0.808. The van der Waals surface area contributed by atoms with Crippen molar-refractivity contribution in [2.45, 2.75) is 13.3 Å². The lowest BCUT2D eigenvalue weighted by atomic mass is 10.1. The van der Waals surface area contributed by atoms with Crippen molar-refractivity contribution in [1.29, 1.82) is 0 Å². The molecule has 62 valence electrons. The quantitative estimate of drug-likeness (QED) is 0.550. The summed E-state index contributed by atoms with van der Waals surface area (Å²) in [7, 11) is 1.71. The average molecular weight is 152 g/mol. The molecule has 0 saturated carbocycles. The molecule has 0 bridgehead atoms. The van der Waals surface area contributed by atoms with Gasteiger partial charge in [-0.1, -0.05) is 30.9 Å². The van der Waals surface area contributed by atoms with Crippen LogP contribution < -0.4 is 0 Å². The van der Waals surface area contributed by atoms with Gasteiger partial charge in [0.05, 0.1) is 6.61 Å². The van der Waals surface area contributed by atoms with E-state index in [4.69, 9.17) is 4.74 Å². The predicted molar refractivity (Wildman–Crippen MR) is 49.6 cm³/mol. The Hall–Kier alpha value is -0.820. The van der Waals surface area contributed by atoms with Gasteiger partial charge in [-0.25, -0.2) is 0 Å². The third-order valence-electron chi connectivity index (χ3n) is 1.31. The molecule has 0 amide bonds. The van der Waals surface area contributed by atoms with Crippen LogP contribution >= 0.6 is 0 Å². The maximum atomic E-state index is 4.96. The molecular weight excluding hydrogens is 136 g/mol. The third kappa shape index (κ3) is 5.62. The first kappa shape index (κ1) is 10.2. The molecule has 0 heterocycles. The lowest BCUT2D eigenvalue weighted by molar-refractivity contribution is 0.203. The van der Waals surface area contributed by atoms with E-state index in [0.717, 1.165) is 13.0 Å². The topological polar surface area (TPSA) is 9.23 Å². The van der Waals surface area contributed by atoms with Crippen LogP contribution in [0.1, 0.15) is 13.3 Å². The van der Waals surface area contributed by atoms with Gasteiger partial charge >= 0.3 is 0 Å². The highest BCUT2D eigenvalue weighted by Gasteiger charge is 1.88. The molecule has 0 N–H and O–H groups in total. The number of hydrogen-bond acceptors (Lipinski definition) is 1. The van der Waals surface area contributed by atoms with Crippen LogP contribution in [0.25, 0.3) is 0 Å². The molecule has 0 atom stereocenters. The first-order valence-electron chi connectivity index (χ1n) is 3.78. The van der Waals surface area contributed by atoms with Crippen LogP contribution in [0.4, 0.5) is 0 Å². The summed E-state index contributed by atoms with van der Waals surface area (Å²) in [6.07, 6.45) is 8.84. The van der Waals surface area contributed by atoms with Crippen molar-refractivity contribution in [2.75, 3.05) is 13.7 Å². The maximum absolute atomic E-state index is 4.96. The first-order valence-corrected chi connectivity index (χ1v) is 3.78. The van der Waals surface area contributed by atoms with Gasteiger partial charge in [0, 0.05) is 7.11 Å². The van der Waals surface area contributed by atoms with E-state index in [9.17, 15) is 0 Å². The van der Waals surface area contributed by atoms with Gasteiger partial charge in [0.1, 0.15) is 0 Å². The van der Waals surface area contributed by atoms with Crippen molar-refractivity contribution >= 4 is 0 Å². The largest absolute Gasteiger partial charge is 0.384 e. The molecule has 0 radical (unpaired) electrons. The Bertz CT molecular complexity index is 154. The number of allylic oxidation sites excluding steroid dienone is 4. The summed E-state index contributed by atoms with van der Waals surface area (Å²) in [4.78, 5) is 0. The molecule has 0 aromatic carbocycles. The summed E-state index contributed by atoms with van der Waals surface area (Å²) in [5, 5.41) is 0. The Kier molecular flexibility index (Phi) is 6.75. The monoisotopic (exact) mass is 152 g/mol. The van der Waals surface area contributed by atoms with Crippen LogP contribution in [0.3, 0.4) is 0 Å². The van der Waals surface area contributed by atoms with E-state index in [1.54, 1.807) is 13.2 Å². The summed E-state index contributed by atoms with van der Waals surface area (Å²) in [5.41, 5.74) is 1.25. The molecular formula is C10H16O. The van der Waals surface area contributed by atoms with Crippen LogP contribution in [0.15, 0.2) is 36.5 Å². The summed E-state index contributed by atoms with van der Waals surface area (Å²) in [6.45, 7) is 6.41. The van der Waals surface area contributed by atoms with Crippen molar-refractivity contribution in [2.24, 2.45) is 0 Å². The molecule has 0 aromatic heterocycles. The molecule has 0 rings (SSSR count). The maximum Gasteiger partial charge on any atom is 0.0502 e. The molecule has 0 aliphatic carbocycles. The van der Waals surface area contributed by atoms with Crippen molar-refractivity contribution < 1.29 is 4.74 Å². The molecule has 1 heteroatoms. The Morgan fingerprint density at radius 3 is 2.73 bits per heavy atom. The summed E-state index contributed by atoms with van der Waals surface area (Å²) in [6, 6.07) is 0. The van der Waals surface area contributed by atoms with Crippen LogP contribution in [0.5, 0.6) is 0 Å². The number of ether oxygens (including phenoxy) is 1. The SMILES string of the molecule is C=C/C=C(\C=C/C)CCOC. The summed E-state index contributed by atoms with van der Waals surface area (Å²) < 4.78 is 4.96. The van der Waals surface area contributed by atoms with Crippen LogP contribution in [0, 0.1) is 0 Å². The van der Waals surface area contributed by atoms with Gasteiger partial charge in [-0.05, 0) is 18.9 Å². The minimum atomic E-state index is 0.768. The molecule has 0 aromatic rings. The highest BCUT2D eigenvalue weighted by Crippen LogP contribution is 2.03. The van der Waals surface area contributed by atoms with Gasteiger partial charge in [0.15, 0.2) is 0 Å². The summed E-state index contributed by atoms with van der Waals surface area (Å²) in [5.74, 6) is 0. The van der Waals surface area contributed by atoms with E-state index in [1.807, 2.05) is 19.1 Å². The summed E-state index contributed by atoms with van der Waals surface area (Å²) >= 11 is 0. The number of rotatable bonds is 5. The second-order valence-corrected chi connectivity index (χ2v) is 2.22. The Balaban J connectivity index is 3.89. The van der Waals surface area contributed by atoms with Crippen molar-refractivity contribution in [1.82, 2.24) is 0 Å². The number of hydrogen-bond donors (Lipinski definition) is 0. The lowest BCUT2D eigenvalue weighted by Gasteiger charge is -1.98. The third-order valence-corrected chi connectivity index (χ3v) is 1.31. The second-order valence-electron chi connectivity index (χ2n) is 2.22. The van der Waals surface area contributed by atoms with Crippen molar-refractivity contribution in [3.63, 3.8) is 0 Å². The van der Waals surface area contributed by atoms with E-state index >= 15 is 0 Å². The molecule has 0 unspecified atom stereocenters. The zero-order valence-corrected chi connectivity index (χ0v) is 7.34. The lowest BCUT2D eigenvalue weighted by Crippen LogP contribution is -1.89. The predicted octanol–water partition coefficient (Wildman–Crippen LogP) is 2.71. The van der Waals surface area contributed by atoms with Gasteiger partial charge in [-0.15, -0.1) is 0 Å². The minimum Gasteiger partial charge on any atom is -0.384 e. The molecule has 0 saturated heterocycles. The minimum absolute atomic E-state index is 0.768. The molecule has 1 nitrogen and oxygen atoms in total. The van der Waals surface area contributed by atoms with Gasteiger partial charge in [-0.3, -0.25) is 0 Å². The second kappa shape index (κ2) is 7.29. The zero-order valence-electron chi connectivity index (χ0n) is 7.34. The molecule has 0 fully saturated rings. The molecule has 0 spiro atoms. The standard InChI is InChI=1S/C10H16O/c1-4-6-10(7-5-2)8-9-11-3/h4-7H,1,8-9H2,2-3H3/b7-5-,10-6+. The van der Waals surface area contributed by atoms with E-state index in [2.05, 4.69) is 12.7 Å². The normalized spacial score (nSPS) is 12.4. The smallest absolute Gasteiger partial charge is 0.0502 e. The van der Waals surface area contributed by atoms with E-state index in [-0.39, 0.29) is 0 Å². The average Bonchev–Trinajstić information content (AvgIpc) is 2.01. The van der Waals surface area contributed by atoms with E-state index in [1.165, 1.54) is 5.57 Å². The fraction of sp³-hybridized carbons (Fsp3) is 0.400. The van der Waals surface area contributed by atoms with E-state index in [0.29, 0.717) is 0 Å². The van der Waals surface area contributed by atoms with Gasteiger partial charge in [0.25, 0.3) is 0 Å². The zero-order chi connectivity index (χ0) is 8.53. The van der Waals surface area contributed by atoms with Crippen LogP contribution in [-0.2, 0) is 4.74 Å². The van der Waals surface area contributed by atoms with E-state index < -0.39 is 0 Å². The fourth-order valence-electron chi connectivity index (χ4n) is 0.808. The van der Waals surface area contributed by atoms with Crippen LogP contribution in [-0.4, -0.2) is 13.7 Å². The van der Waals surface area contributed by atoms with Gasteiger partial charge < -0.3 is 4.74 Å². The Labute approximate surface area is 69.1 Å².